The minimum absolute atomic E-state index is 0.477. The van der Waals surface area contributed by atoms with Gasteiger partial charge < -0.3 is 4.90 Å². The first-order valence-electron chi connectivity index (χ1n) is 42.3. The van der Waals surface area contributed by atoms with E-state index >= 15 is 0 Å². The van der Waals surface area contributed by atoms with Gasteiger partial charge in [-0.1, -0.05) is 358 Å². The molecule has 0 bridgehead atoms. The zero-order valence-electron chi connectivity index (χ0n) is 67.0. The minimum Gasteiger partial charge on any atom is -0.310 e. The normalized spacial score (nSPS) is 13.2. The Hall–Kier alpha value is -15.9. The summed E-state index contributed by atoms with van der Waals surface area (Å²) in [5, 5.41) is 8.97. The average Bonchev–Trinajstić information content (AvgIpc) is 1.47. The Morgan fingerprint density at radius 2 is 0.621 bits per heavy atom. The molecule has 576 valence electrons. The quantitative estimate of drug-likeness (QED) is 0.139. The smallest absolute Gasteiger partial charge is 0.160 e. The number of aromatic nitrogens is 6. The van der Waals surface area contributed by atoms with Crippen LogP contribution in [0.5, 0.6) is 0 Å². The lowest BCUT2D eigenvalue weighted by molar-refractivity contribution is 0.724. The zero-order valence-corrected chi connectivity index (χ0v) is 67.8. The maximum atomic E-state index is 5.50. The molecule has 7 heterocycles. The summed E-state index contributed by atoms with van der Waals surface area (Å²) >= 11 is 1.88. The van der Waals surface area contributed by atoms with Gasteiger partial charge in [0.05, 0.1) is 78.4 Å². The minimum atomic E-state index is -0.556. The van der Waals surface area contributed by atoms with E-state index in [-0.39, 0.29) is 0 Å². The summed E-state index contributed by atoms with van der Waals surface area (Å²) in [5.74, 6) is 0.697. The molecule has 2 aliphatic carbocycles. The van der Waals surface area contributed by atoms with Gasteiger partial charge in [-0.3, -0.25) is 0 Å². The number of fused-ring (bicyclic) bond motifs is 27. The number of rotatable bonds is 8. The van der Waals surface area contributed by atoms with Gasteiger partial charge in [-0.05, 0) is 162 Å². The third kappa shape index (κ3) is 11.0. The van der Waals surface area contributed by atoms with Crippen LogP contribution in [0.25, 0.3) is 166 Å². The molecule has 0 unspecified atom stereocenters. The van der Waals surface area contributed by atoms with Crippen LogP contribution in [0.15, 0.2) is 441 Å². The highest BCUT2D eigenvalue weighted by Crippen LogP contribution is 2.66. The zero-order chi connectivity index (χ0) is 81.6. The van der Waals surface area contributed by atoms with Crippen molar-refractivity contribution in [3.63, 3.8) is 0 Å². The highest BCUT2D eigenvalue weighted by molar-refractivity contribution is 7.99. The summed E-state index contributed by atoms with van der Waals surface area (Å²) in [6.07, 6.45) is 0. The van der Waals surface area contributed by atoms with Crippen LogP contribution in [0.1, 0.15) is 44.5 Å². The second-order valence-corrected chi connectivity index (χ2v) is 33.6. The van der Waals surface area contributed by atoms with E-state index in [1.54, 1.807) is 0 Å². The Labute approximate surface area is 720 Å². The molecule has 124 heavy (non-hydrogen) atoms. The highest BCUT2D eigenvalue weighted by Gasteiger charge is 2.53. The number of hydrogen-bond acceptors (Lipinski definition) is 8. The van der Waals surface area contributed by atoms with E-state index in [4.69, 9.17) is 29.9 Å². The molecular weight excluding hydrogens is 1520 g/mol. The molecule has 0 amide bonds. The van der Waals surface area contributed by atoms with Crippen LogP contribution < -0.4 is 4.90 Å². The predicted molar refractivity (Wildman–Crippen MR) is 510 cm³/mol. The molecule has 0 radical (unpaired) electrons. The topological polar surface area (TPSA) is 80.6 Å². The molecule has 8 heteroatoms. The van der Waals surface area contributed by atoms with Crippen molar-refractivity contribution in [1.29, 1.82) is 0 Å². The molecule has 7 nitrogen and oxygen atoms in total. The van der Waals surface area contributed by atoms with Crippen LogP contribution in [-0.2, 0) is 10.8 Å². The SMILES string of the molecule is c1ccc(-c2cc(-c3ccc(-c4nc5ccccc5c5cc6c(cc45)N(c4ccccc4)c4ccccc4C64c5ccccc5-c5ccccc54)cc3)nc(-c3ccccc3)n2)cc1.c1ccc(-c2ccc3ccc4ccc(-c5ccc6nc(-c7ccccc7)c7cc8c(cc7c6c5)Sc5ccccc5C85c6ccccc6-c6ccccc65)nc4c3n2)cc1. The van der Waals surface area contributed by atoms with E-state index in [9.17, 15) is 0 Å². The van der Waals surface area contributed by atoms with Crippen molar-refractivity contribution in [2.75, 3.05) is 4.90 Å². The van der Waals surface area contributed by atoms with Crippen molar-refractivity contribution >= 4 is 94.0 Å². The second kappa shape index (κ2) is 28.4. The maximum absolute atomic E-state index is 5.50. The molecule has 0 N–H and O–H groups in total. The third-order valence-electron chi connectivity index (χ3n) is 26.0. The van der Waals surface area contributed by atoms with Crippen LogP contribution in [-0.4, -0.2) is 29.9 Å². The fraction of sp³-hybridized carbons (Fsp3) is 0.0172. The fourth-order valence-corrected chi connectivity index (χ4v) is 21.7. The molecule has 4 aliphatic rings. The molecule has 0 saturated carbocycles. The number of pyridine rings is 4. The lowest BCUT2D eigenvalue weighted by Crippen LogP contribution is -2.36. The summed E-state index contributed by atoms with van der Waals surface area (Å²) < 4.78 is 0. The number of hydrogen-bond donors (Lipinski definition) is 0. The first-order chi connectivity index (χ1) is 61.5. The van der Waals surface area contributed by atoms with Crippen LogP contribution in [0.2, 0.25) is 0 Å². The van der Waals surface area contributed by atoms with Gasteiger partial charge in [-0.15, -0.1) is 0 Å². The molecule has 26 rings (SSSR count). The lowest BCUT2D eigenvalue weighted by atomic mass is 9.64. The van der Waals surface area contributed by atoms with Crippen LogP contribution in [0, 0.1) is 0 Å². The van der Waals surface area contributed by atoms with Crippen molar-refractivity contribution in [3.8, 4) is 101 Å². The van der Waals surface area contributed by atoms with E-state index in [1.807, 2.05) is 42.1 Å². The van der Waals surface area contributed by atoms with Gasteiger partial charge in [-0.25, -0.2) is 29.9 Å². The first-order valence-corrected chi connectivity index (χ1v) is 43.1. The molecular formula is C116H71N7S. The molecule has 0 fully saturated rings. The molecule has 2 aliphatic heterocycles. The fourth-order valence-electron chi connectivity index (χ4n) is 20.5. The molecule has 2 spiro atoms. The summed E-state index contributed by atoms with van der Waals surface area (Å²) in [7, 11) is 0. The van der Waals surface area contributed by atoms with Gasteiger partial charge in [-0.2, -0.15) is 0 Å². The lowest BCUT2D eigenvalue weighted by Gasteiger charge is -2.45. The molecule has 5 aromatic heterocycles. The summed E-state index contributed by atoms with van der Waals surface area (Å²) in [5.41, 5.74) is 34.5. The van der Waals surface area contributed by atoms with Gasteiger partial charge >= 0.3 is 0 Å². The van der Waals surface area contributed by atoms with Crippen molar-refractivity contribution in [1.82, 2.24) is 29.9 Å². The Kier molecular flexibility index (Phi) is 16.3. The van der Waals surface area contributed by atoms with E-state index in [1.165, 1.54) is 93.0 Å². The van der Waals surface area contributed by atoms with E-state index in [0.717, 1.165) is 139 Å². The number of benzene rings is 17. The second-order valence-electron chi connectivity index (χ2n) is 32.6. The van der Waals surface area contributed by atoms with E-state index in [0.29, 0.717) is 5.82 Å². The number of anilines is 3. The molecule has 22 aromatic rings. The van der Waals surface area contributed by atoms with Gasteiger partial charge in [0, 0.05) is 86.7 Å². The monoisotopic (exact) mass is 1590 g/mol. The Morgan fingerprint density at radius 3 is 1.22 bits per heavy atom. The van der Waals surface area contributed by atoms with Crippen molar-refractivity contribution in [2.24, 2.45) is 0 Å². The highest BCUT2D eigenvalue weighted by atomic mass is 32.2. The van der Waals surface area contributed by atoms with Crippen LogP contribution in [0.3, 0.4) is 0 Å². The summed E-state index contributed by atoms with van der Waals surface area (Å²) in [6, 6.07) is 155. The molecule has 0 atom stereocenters. The van der Waals surface area contributed by atoms with Gasteiger partial charge in [0.15, 0.2) is 5.82 Å². The maximum Gasteiger partial charge on any atom is 0.160 e. The average molecular weight is 1590 g/mol. The predicted octanol–water partition coefficient (Wildman–Crippen LogP) is 29.3. The Bertz CT molecular complexity index is 8000. The van der Waals surface area contributed by atoms with Crippen molar-refractivity contribution in [2.45, 2.75) is 20.6 Å². The summed E-state index contributed by atoms with van der Waals surface area (Å²) in [6.45, 7) is 0. The molecule has 17 aromatic carbocycles. The van der Waals surface area contributed by atoms with Gasteiger partial charge in [0.1, 0.15) is 0 Å². The number of para-hydroxylation sites is 3. The van der Waals surface area contributed by atoms with Crippen molar-refractivity contribution in [3.05, 3.63) is 475 Å². The summed E-state index contributed by atoms with van der Waals surface area (Å²) in [4.78, 5) is 36.7. The largest absolute Gasteiger partial charge is 0.310 e. The van der Waals surface area contributed by atoms with Crippen LogP contribution in [0.4, 0.5) is 17.1 Å². The molecule has 0 saturated heterocycles. The van der Waals surface area contributed by atoms with Crippen molar-refractivity contribution < 1.29 is 0 Å². The first kappa shape index (κ1) is 71.1. The Balaban J connectivity index is 0.000000136. The van der Waals surface area contributed by atoms with E-state index < -0.39 is 10.8 Å². The standard InChI is InChI=1S/C60H38N4.C56H33N3S/c1-4-18-39(19-5-1)54-38-55(63-59(62-54)42-20-6-2-7-21-42)40-32-34-41(35-33-40)58-48-37-57-52(36-47(48)46-26-12-16-30-53(46)61-58)60(49-27-13-10-24-44(49)45-25-11-14-28-50(45)60)51-29-15-17-31-56(51)64(57)43-22-8-3-9-23-43;1-3-13-34(14-4-1)48-28-25-36-23-24-37-26-29-49(58-55(37)54(36)57-48)38-27-30-50-42(31-38)41-33-52-47(32-43(41)53(59-50)35-15-5-2-6-16-35)56(46-21-11-12-22-51(46)60-52)44-19-9-7-17-39(44)40-18-8-10-20-45(40)56/h1-38H;1-33H. The Morgan fingerprint density at radius 1 is 0.210 bits per heavy atom. The van der Waals surface area contributed by atoms with E-state index in [2.05, 4.69) is 405 Å². The van der Waals surface area contributed by atoms with Gasteiger partial charge in [0.2, 0.25) is 0 Å². The number of nitrogens with zero attached hydrogens (tertiary/aromatic N) is 7. The van der Waals surface area contributed by atoms with Gasteiger partial charge in [0.25, 0.3) is 0 Å². The van der Waals surface area contributed by atoms with Crippen LogP contribution >= 0.6 is 11.8 Å². The third-order valence-corrected chi connectivity index (χ3v) is 27.1.